The van der Waals surface area contributed by atoms with Gasteiger partial charge in [0.05, 0.1) is 16.9 Å². The first-order valence-electron chi connectivity index (χ1n) is 7.99. The van der Waals surface area contributed by atoms with Gasteiger partial charge in [-0.25, -0.2) is 9.78 Å². The van der Waals surface area contributed by atoms with Gasteiger partial charge in [0.15, 0.2) is 5.82 Å². The zero-order valence-corrected chi connectivity index (χ0v) is 15.0. The predicted octanol–water partition coefficient (Wildman–Crippen LogP) is 3.10. The van der Waals surface area contributed by atoms with E-state index in [1.807, 2.05) is 20.8 Å². The van der Waals surface area contributed by atoms with Gasteiger partial charge >= 0.3 is 6.09 Å². The normalized spacial score (nSPS) is 21.3. The molecule has 0 aromatic carbocycles. The quantitative estimate of drug-likeness (QED) is 0.812. The van der Waals surface area contributed by atoms with Gasteiger partial charge in [-0.1, -0.05) is 11.6 Å². The van der Waals surface area contributed by atoms with Crippen LogP contribution in [-0.2, 0) is 4.74 Å². The predicted molar refractivity (Wildman–Crippen MR) is 93.5 cm³/mol. The van der Waals surface area contributed by atoms with Crippen molar-refractivity contribution in [3.8, 4) is 0 Å². The largest absolute Gasteiger partial charge is 0.444 e. The molecule has 3 rings (SSSR count). The van der Waals surface area contributed by atoms with Gasteiger partial charge in [-0.3, -0.25) is 5.10 Å². The number of fused-ring (bicyclic) bond motifs is 1. The molecule has 1 aliphatic heterocycles. The summed E-state index contributed by atoms with van der Waals surface area (Å²) in [6, 6.07) is 2.01. The van der Waals surface area contributed by atoms with Crippen LogP contribution in [0.4, 0.5) is 10.6 Å². The van der Waals surface area contributed by atoms with E-state index in [4.69, 9.17) is 16.3 Å². The van der Waals surface area contributed by atoms with Crippen LogP contribution < -0.4 is 10.2 Å². The number of hydrogen-bond donors (Lipinski definition) is 2. The molecule has 1 saturated heterocycles. The molecular weight excluding hydrogens is 330 g/mol. The lowest BCUT2D eigenvalue weighted by atomic mass is 10.2. The second-order valence-corrected chi connectivity index (χ2v) is 7.57. The van der Waals surface area contributed by atoms with Gasteiger partial charge in [0.25, 0.3) is 0 Å². The second kappa shape index (κ2) is 6.12. The number of hydrogen-bond acceptors (Lipinski definition) is 5. The van der Waals surface area contributed by atoms with Crippen LogP contribution >= 0.6 is 11.6 Å². The molecule has 0 saturated carbocycles. The number of aromatic nitrogens is 3. The molecule has 0 bridgehead atoms. The van der Waals surface area contributed by atoms with Crippen molar-refractivity contribution in [3.05, 3.63) is 17.4 Å². The van der Waals surface area contributed by atoms with Gasteiger partial charge in [0.2, 0.25) is 0 Å². The van der Waals surface area contributed by atoms with Crippen LogP contribution in [-0.4, -0.2) is 45.5 Å². The van der Waals surface area contributed by atoms with Gasteiger partial charge in [0, 0.05) is 24.8 Å². The van der Waals surface area contributed by atoms with Crippen LogP contribution in [0.3, 0.4) is 0 Å². The highest BCUT2D eigenvalue weighted by Gasteiger charge is 2.33. The number of nitrogens with one attached hydrogen (secondary N) is 2. The molecule has 0 spiro atoms. The Bertz CT molecular complexity index is 754. The van der Waals surface area contributed by atoms with Gasteiger partial charge in [-0.15, -0.1) is 0 Å². The fourth-order valence-electron chi connectivity index (χ4n) is 3.00. The van der Waals surface area contributed by atoms with Crippen molar-refractivity contribution in [3.63, 3.8) is 0 Å². The van der Waals surface area contributed by atoms with Crippen molar-refractivity contribution < 1.29 is 9.53 Å². The summed E-state index contributed by atoms with van der Waals surface area (Å²) >= 11 is 5.92. The SMILES string of the molecule is CC1CC(NC(=O)OC(C)(C)C)CN1c1n[nH]c2cc(Cl)ncc12. The first kappa shape index (κ1) is 16.8. The molecule has 2 unspecified atom stereocenters. The smallest absolute Gasteiger partial charge is 0.407 e. The third-order valence-electron chi connectivity index (χ3n) is 3.96. The summed E-state index contributed by atoms with van der Waals surface area (Å²) in [5.41, 5.74) is 0.345. The van der Waals surface area contributed by atoms with Gasteiger partial charge in [-0.2, -0.15) is 5.10 Å². The second-order valence-electron chi connectivity index (χ2n) is 7.18. The zero-order chi connectivity index (χ0) is 17.5. The Morgan fingerprint density at radius 2 is 2.25 bits per heavy atom. The highest BCUT2D eigenvalue weighted by Crippen LogP contribution is 2.30. The number of aromatic amines is 1. The van der Waals surface area contributed by atoms with Gasteiger partial charge in [0.1, 0.15) is 10.8 Å². The van der Waals surface area contributed by atoms with E-state index in [9.17, 15) is 4.79 Å². The number of rotatable bonds is 2. The summed E-state index contributed by atoms with van der Waals surface area (Å²) in [5, 5.41) is 11.7. The number of carbonyl (C=O) groups is 1. The van der Waals surface area contributed by atoms with Gasteiger partial charge in [-0.05, 0) is 34.1 Å². The van der Waals surface area contributed by atoms with Crippen LogP contribution in [0.5, 0.6) is 0 Å². The zero-order valence-electron chi connectivity index (χ0n) is 14.3. The van der Waals surface area contributed by atoms with Gasteiger partial charge < -0.3 is 15.0 Å². The molecule has 0 aliphatic carbocycles. The van der Waals surface area contributed by atoms with E-state index in [1.165, 1.54) is 0 Å². The van der Waals surface area contributed by atoms with E-state index in [-0.39, 0.29) is 18.2 Å². The summed E-state index contributed by atoms with van der Waals surface area (Å²) < 4.78 is 5.33. The number of halogens is 1. The van der Waals surface area contributed by atoms with Crippen molar-refractivity contribution in [1.82, 2.24) is 20.5 Å². The molecular formula is C16H22ClN5O2. The Labute approximate surface area is 145 Å². The maximum atomic E-state index is 12.0. The molecule has 8 heteroatoms. The van der Waals surface area contributed by atoms with Crippen LogP contribution in [0, 0.1) is 0 Å². The van der Waals surface area contributed by atoms with Crippen molar-refractivity contribution in [1.29, 1.82) is 0 Å². The summed E-state index contributed by atoms with van der Waals surface area (Å²) in [4.78, 5) is 18.3. The molecule has 0 radical (unpaired) electrons. The fraction of sp³-hybridized carbons (Fsp3) is 0.562. The van der Waals surface area contributed by atoms with E-state index in [0.717, 1.165) is 23.1 Å². The third-order valence-corrected chi connectivity index (χ3v) is 4.17. The Morgan fingerprint density at radius 1 is 1.50 bits per heavy atom. The van der Waals surface area contributed by atoms with Crippen molar-refractivity contribution in [2.75, 3.05) is 11.4 Å². The van der Waals surface area contributed by atoms with E-state index in [0.29, 0.717) is 11.7 Å². The minimum atomic E-state index is -0.503. The first-order valence-corrected chi connectivity index (χ1v) is 8.36. The standard InChI is InChI=1S/C16H22ClN5O2/c1-9-5-10(19-15(23)24-16(2,3)4)8-22(9)14-11-7-18-13(17)6-12(11)20-21-14/h6-7,9-10H,5,8H2,1-4H3,(H,19,23)(H,20,21). The average molecular weight is 352 g/mol. The van der Waals surface area contributed by atoms with Crippen LogP contribution in [0.1, 0.15) is 34.1 Å². The maximum absolute atomic E-state index is 12.0. The summed E-state index contributed by atoms with van der Waals surface area (Å²) in [6.45, 7) is 8.34. The first-order chi connectivity index (χ1) is 11.2. The molecule has 1 amide bonds. The highest BCUT2D eigenvalue weighted by atomic mass is 35.5. The lowest BCUT2D eigenvalue weighted by molar-refractivity contribution is 0.0508. The molecule has 2 atom stereocenters. The number of carbonyl (C=O) groups excluding carboxylic acids is 1. The average Bonchev–Trinajstić information content (AvgIpc) is 2.99. The van der Waals surface area contributed by atoms with E-state index < -0.39 is 5.60 Å². The van der Waals surface area contributed by atoms with Crippen LogP contribution in [0.25, 0.3) is 10.9 Å². The molecule has 3 heterocycles. The lowest BCUT2D eigenvalue weighted by Gasteiger charge is -2.22. The summed E-state index contributed by atoms with van der Waals surface area (Å²) in [6.07, 6.45) is 2.16. The third kappa shape index (κ3) is 3.56. The maximum Gasteiger partial charge on any atom is 0.407 e. The molecule has 130 valence electrons. The number of alkyl carbamates (subject to hydrolysis) is 1. The topological polar surface area (TPSA) is 83.1 Å². The molecule has 24 heavy (non-hydrogen) atoms. The van der Waals surface area contributed by atoms with E-state index in [2.05, 4.69) is 32.3 Å². The molecule has 2 aromatic heterocycles. The number of ether oxygens (including phenoxy) is 1. The fourth-order valence-corrected chi connectivity index (χ4v) is 3.16. The van der Waals surface area contributed by atoms with Crippen LogP contribution in [0.2, 0.25) is 5.15 Å². The molecule has 2 N–H and O–H groups in total. The van der Waals surface area contributed by atoms with Crippen molar-refractivity contribution in [2.24, 2.45) is 0 Å². The minimum Gasteiger partial charge on any atom is -0.444 e. The summed E-state index contributed by atoms with van der Waals surface area (Å²) in [5.74, 6) is 0.829. The van der Waals surface area contributed by atoms with E-state index in [1.54, 1.807) is 12.3 Å². The molecule has 2 aromatic rings. The number of anilines is 1. The minimum absolute atomic E-state index is 0.0156. The van der Waals surface area contributed by atoms with Crippen molar-refractivity contribution >= 4 is 34.4 Å². The molecule has 1 fully saturated rings. The Hall–Kier alpha value is -2.02. The van der Waals surface area contributed by atoms with Crippen molar-refractivity contribution in [2.45, 2.75) is 51.8 Å². The lowest BCUT2D eigenvalue weighted by Crippen LogP contribution is -2.40. The Kier molecular flexibility index (Phi) is 4.29. The molecule has 1 aliphatic rings. The van der Waals surface area contributed by atoms with E-state index >= 15 is 0 Å². The van der Waals surface area contributed by atoms with Crippen LogP contribution in [0.15, 0.2) is 12.3 Å². The number of H-pyrrole nitrogens is 1. The highest BCUT2D eigenvalue weighted by molar-refractivity contribution is 6.30. The number of pyridine rings is 1. The number of amides is 1. The Morgan fingerprint density at radius 3 is 2.96 bits per heavy atom. The number of nitrogens with zero attached hydrogens (tertiary/aromatic N) is 3. The Balaban J connectivity index is 1.72. The monoisotopic (exact) mass is 351 g/mol. The summed E-state index contributed by atoms with van der Waals surface area (Å²) in [7, 11) is 0. The molecule has 7 nitrogen and oxygen atoms in total.